The monoisotopic (exact) mass is 191 g/mol. The lowest BCUT2D eigenvalue weighted by atomic mass is 10.6. The molecular weight excluding hydrogens is 178 g/mol. The molecular formula is C6H13NO2SSi. The molecule has 0 heterocycles. The highest BCUT2D eigenvalue weighted by molar-refractivity contribution is 8.03. The van der Waals surface area contributed by atoms with E-state index in [0.717, 1.165) is 18.2 Å². The summed E-state index contributed by atoms with van der Waals surface area (Å²) in [6.07, 6.45) is 1.01. The third kappa shape index (κ3) is 6.38. The molecule has 3 nitrogen and oxygen atoms in total. The Morgan fingerprint density at radius 1 is 1.45 bits per heavy atom. The van der Waals surface area contributed by atoms with Crippen LogP contribution in [0.15, 0.2) is 0 Å². The van der Waals surface area contributed by atoms with Gasteiger partial charge in [-0.15, -0.1) is 0 Å². The van der Waals surface area contributed by atoms with E-state index in [2.05, 4.69) is 0 Å². The van der Waals surface area contributed by atoms with E-state index in [-0.39, 0.29) is 0 Å². The van der Waals surface area contributed by atoms with E-state index in [4.69, 9.17) is 14.1 Å². The van der Waals surface area contributed by atoms with Crippen LogP contribution >= 0.6 is 11.8 Å². The Morgan fingerprint density at radius 2 is 2.09 bits per heavy atom. The molecule has 0 unspecified atom stereocenters. The minimum absolute atomic E-state index is 0.882. The van der Waals surface area contributed by atoms with Crippen molar-refractivity contribution in [1.29, 1.82) is 5.26 Å². The van der Waals surface area contributed by atoms with Gasteiger partial charge in [-0.05, 0) is 24.2 Å². The first kappa shape index (κ1) is 11.0. The van der Waals surface area contributed by atoms with Gasteiger partial charge in [0.15, 0.2) is 0 Å². The van der Waals surface area contributed by atoms with Gasteiger partial charge in [-0.25, -0.2) is 0 Å². The van der Waals surface area contributed by atoms with Crippen molar-refractivity contribution in [2.75, 3.05) is 20.0 Å². The summed E-state index contributed by atoms with van der Waals surface area (Å²) in [5, 5.41) is 10.2. The number of nitrogens with zero attached hydrogens (tertiary/aromatic N) is 1. The Labute approximate surface area is 73.5 Å². The number of thiocyanates is 1. The van der Waals surface area contributed by atoms with Crippen molar-refractivity contribution >= 4 is 21.0 Å². The van der Waals surface area contributed by atoms with Gasteiger partial charge in [-0.1, -0.05) is 0 Å². The van der Waals surface area contributed by atoms with Gasteiger partial charge in [0.25, 0.3) is 0 Å². The van der Waals surface area contributed by atoms with Crippen molar-refractivity contribution in [3.63, 3.8) is 0 Å². The minimum atomic E-state index is -1.36. The second-order valence-electron chi connectivity index (χ2n) is 1.98. The van der Waals surface area contributed by atoms with Crippen molar-refractivity contribution in [2.24, 2.45) is 0 Å². The standard InChI is InChI=1S/C6H13NO2SSi/c1-8-11(9-2)5-3-4-10-6-7/h11H,3-5H2,1-2H3. The fraction of sp³-hybridized carbons (Fsp3) is 0.833. The molecule has 0 aliphatic rings. The summed E-state index contributed by atoms with van der Waals surface area (Å²) >= 11 is 1.29. The van der Waals surface area contributed by atoms with Crippen LogP contribution in [-0.2, 0) is 8.85 Å². The van der Waals surface area contributed by atoms with E-state index in [1.54, 1.807) is 14.2 Å². The quantitative estimate of drug-likeness (QED) is 0.358. The van der Waals surface area contributed by atoms with Crippen LogP contribution in [0.3, 0.4) is 0 Å². The van der Waals surface area contributed by atoms with Crippen molar-refractivity contribution in [3.8, 4) is 5.40 Å². The van der Waals surface area contributed by atoms with Gasteiger partial charge in [0.1, 0.15) is 5.40 Å². The van der Waals surface area contributed by atoms with Crippen LogP contribution in [0, 0.1) is 10.7 Å². The van der Waals surface area contributed by atoms with E-state index in [1.165, 1.54) is 11.8 Å². The third-order valence-electron chi connectivity index (χ3n) is 1.28. The van der Waals surface area contributed by atoms with Crippen molar-refractivity contribution in [1.82, 2.24) is 0 Å². The Kier molecular flexibility index (Phi) is 8.06. The minimum Gasteiger partial charge on any atom is -0.400 e. The lowest BCUT2D eigenvalue weighted by Gasteiger charge is -2.08. The van der Waals surface area contributed by atoms with Gasteiger partial charge >= 0.3 is 9.28 Å². The zero-order valence-electron chi connectivity index (χ0n) is 6.87. The molecule has 0 fully saturated rings. The van der Waals surface area contributed by atoms with Crippen LogP contribution < -0.4 is 0 Å². The Balaban J connectivity index is 3.16. The molecule has 0 bridgehead atoms. The molecule has 0 aliphatic carbocycles. The predicted molar refractivity (Wildman–Crippen MR) is 48.7 cm³/mol. The van der Waals surface area contributed by atoms with Crippen molar-refractivity contribution in [2.45, 2.75) is 12.5 Å². The highest BCUT2D eigenvalue weighted by atomic mass is 32.2. The fourth-order valence-electron chi connectivity index (χ4n) is 0.700. The van der Waals surface area contributed by atoms with E-state index >= 15 is 0 Å². The summed E-state index contributed by atoms with van der Waals surface area (Å²) in [6.45, 7) is 0. The van der Waals surface area contributed by atoms with Gasteiger partial charge in [-0.3, -0.25) is 0 Å². The van der Waals surface area contributed by atoms with Gasteiger partial charge in [0, 0.05) is 20.0 Å². The summed E-state index contributed by atoms with van der Waals surface area (Å²) in [6, 6.07) is 0.988. The van der Waals surface area contributed by atoms with E-state index in [9.17, 15) is 0 Å². The summed E-state index contributed by atoms with van der Waals surface area (Å²) in [7, 11) is 2.00. The third-order valence-corrected chi connectivity index (χ3v) is 3.83. The summed E-state index contributed by atoms with van der Waals surface area (Å²) in [5.41, 5.74) is 0. The number of rotatable bonds is 6. The van der Waals surface area contributed by atoms with Gasteiger partial charge in [-0.2, -0.15) is 5.26 Å². The summed E-state index contributed by atoms with van der Waals surface area (Å²) in [5.74, 6) is 0.882. The largest absolute Gasteiger partial charge is 0.400 e. The first-order valence-electron chi connectivity index (χ1n) is 3.41. The van der Waals surface area contributed by atoms with E-state index in [0.29, 0.717) is 0 Å². The SMILES string of the molecule is CO[SiH](CCCSC#N)OC. The van der Waals surface area contributed by atoms with Gasteiger partial charge < -0.3 is 8.85 Å². The topological polar surface area (TPSA) is 42.2 Å². The lowest BCUT2D eigenvalue weighted by molar-refractivity contribution is 0.277. The molecule has 0 N–H and O–H groups in total. The number of hydrogen-bond acceptors (Lipinski definition) is 4. The highest BCUT2D eigenvalue weighted by Crippen LogP contribution is 2.05. The van der Waals surface area contributed by atoms with Gasteiger partial charge in [0.2, 0.25) is 0 Å². The first-order chi connectivity index (χ1) is 5.35. The molecule has 0 spiro atoms. The number of nitriles is 1. The maximum atomic E-state index is 8.21. The molecule has 5 heteroatoms. The molecule has 0 saturated carbocycles. The average molecular weight is 191 g/mol. The Hall–Kier alpha value is -0.0231. The Morgan fingerprint density at radius 3 is 2.55 bits per heavy atom. The molecule has 11 heavy (non-hydrogen) atoms. The van der Waals surface area contributed by atoms with Crippen LogP contribution in [0.5, 0.6) is 0 Å². The normalized spacial score (nSPS) is 10.0. The molecule has 0 aromatic carbocycles. The summed E-state index contributed by atoms with van der Waals surface area (Å²) < 4.78 is 10.2. The molecule has 0 saturated heterocycles. The van der Waals surface area contributed by atoms with E-state index in [1.807, 2.05) is 5.40 Å². The molecule has 0 aromatic rings. The maximum absolute atomic E-state index is 8.21. The molecule has 0 radical (unpaired) electrons. The fourth-order valence-corrected chi connectivity index (χ4v) is 2.60. The highest BCUT2D eigenvalue weighted by Gasteiger charge is 2.07. The molecule has 0 amide bonds. The van der Waals surface area contributed by atoms with Crippen LogP contribution in [0.2, 0.25) is 6.04 Å². The van der Waals surface area contributed by atoms with Crippen molar-refractivity contribution < 1.29 is 8.85 Å². The second kappa shape index (κ2) is 8.08. The molecule has 64 valence electrons. The van der Waals surface area contributed by atoms with Gasteiger partial charge in [0.05, 0.1) is 0 Å². The van der Waals surface area contributed by atoms with E-state index < -0.39 is 9.28 Å². The molecule has 0 aromatic heterocycles. The van der Waals surface area contributed by atoms with Crippen LogP contribution in [0.1, 0.15) is 6.42 Å². The predicted octanol–water partition coefficient (Wildman–Crippen LogP) is 1.10. The van der Waals surface area contributed by atoms with Crippen LogP contribution in [0.25, 0.3) is 0 Å². The number of hydrogen-bond donors (Lipinski definition) is 0. The molecule has 0 atom stereocenters. The second-order valence-corrected chi connectivity index (χ2v) is 5.24. The Bertz CT molecular complexity index is 124. The summed E-state index contributed by atoms with van der Waals surface area (Å²) in [4.78, 5) is 0. The zero-order chi connectivity index (χ0) is 8.53. The lowest BCUT2D eigenvalue weighted by Crippen LogP contribution is -2.18. The first-order valence-corrected chi connectivity index (χ1v) is 6.16. The van der Waals surface area contributed by atoms with Crippen molar-refractivity contribution in [3.05, 3.63) is 0 Å². The smallest absolute Gasteiger partial charge is 0.320 e. The average Bonchev–Trinajstić information content (AvgIpc) is 2.05. The van der Waals surface area contributed by atoms with Crippen LogP contribution in [0.4, 0.5) is 0 Å². The van der Waals surface area contributed by atoms with Crippen LogP contribution in [-0.4, -0.2) is 29.3 Å². The maximum Gasteiger partial charge on any atom is 0.320 e. The molecule has 0 aliphatic heterocycles. The molecule has 0 rings (SSSR count). The number of thioether (sulfide) groups is 1. The zero-order valence-corrected chi connectivity index (χ0v) is 8.84.